The summed E-state index contributed by atoms with van der Waals surface area (Å²) >= 11 is 0. The minimum absolute atomic E-state index is 0.434. The van der Waals surface area contributed by atoms with E-state index in [9.17, 15) is 5.11 Å². The zero-order valence-corrected chi connectivity index (χ0v) is 11.0. The van der Waals surface area contributed by atoms with Crippen LogP contribution < -0.4 is 0 Å². The molecule has 3 aliphatic rings. The third kappa shape index (κ3) is 1.21. The maximum Gasteiger partial charge on any atom is 0.0685 e. The number of allylic oxidation sites excluding steroid dienone is 1. The number of aliphatic hydroxyl groups is 1. The van der Waals surface area contributed by atoms with Crippen molar-refractivity contribution in [1.82, 2.24) is 0 Å². The fourth-order valence-corrected chi connectivity index (χ4v) is 4.61. The van der Waals surface area contributed by atoms with Crippen LogP contribution in [0.3, 0.4) is 0 Å². The molecular weight excluding hydrogens is 196 g/mol. The maximum atomic E-state index is 10.6. The summed E-state index contributed by atoms with van der Waals surface area (Å²) in [6.45, 7) is 9.19. The molecule has 0 unspecified atom stereocenters. The van der Waals surface area contributed by atoms with E-state index >= 15 is 0 Å². The molecule has 2 fully saturated rings. The van der Waals surface area contributed by atoms with E-state index in [4.69, 9.17) is 0 Å². The Morgan fingerprint density at radius 3 is 2.56 bits per heavy atom. The summed E-state index contributed by atoms with van der Waals surface area (Å²) in [5, 5.41) is 10.6. The quantitative estimate of drug-likeness (QED) is 0.619. The van der Waals surface area contributed by atoms with Crippen molar-refractivity contribution in [3.05, 3.63) is 11.1 Å². The number of rotatable bonds is 0. The highest BCUT2D eigenvalue weighted by Crippen LogP contribution is 2.69. The van der Waals surface area contributed by atoms with Crippen LogP contribution in [0.1, 0.15) is 53.4 Å². The maximum absolute atomic E-state index is 10.6. The first kappa shape index (κ1) is 10.8. The van der Waals surface area contributed by atoms with Gasteiger partial charge in [-0.2, -0.15) is 0 Å². The van der Waals surface area contributed by atoms with Gasteiger partial charge in [0.1, 0.15) is 0 Å². The van der Waals surface area contributed by atoms with Crippen LogP contribution in [-0.2, 0) is 0 Å². The second-order valence-corrected chi connectivity index (χ2v) is 7.13. The van der Waals surface area contributed by atoms with Crippen LogP contribution in [0.4, 0.5) is 0 Å². The second kappa shape index (κ2) is 2.93. The average molecular weight is 220 g/mol. The van der Waals surface area contributed by atoms with E-state index in [0.29, 0.717) is 11.3 Å². The van der Waals surface area contributed by atoms with Gasteiger partial charge in [-0.25, -0.2) is 0 Å². The molecule has 2 saturated carbocycles. The molecule has 0 aromatic rings. The molecule has 0 aromatic heterocycles. The molecule has 1 N–H and O–H groups in total. The lowest BCUT2D eigenvalue weighted by Gasteiger charge is -2.32. The fraction of sp³-hybridized carbons (Fsp3) is 0.867. The molecule has 0 aromatic carbocycles. The molecule has 0 spiro atoms. The predicted molar refractivity (Wildman–Crippen MR) is 66.0 cm³/mol. The molecular formula is C15H24O. The number of fused-ring (bicyclic) bond motifs is 3. The molecule has 0 radical (unpaired) electrons. The molecule has 1 nitrogen and oxygen atoms in total. The second-order valence-electron chi connectivity index (χ2n) is 7.13. The third-order valence-electron chi connectivity index (χ3n) is 5.77. The van der Waals surface area contributed by atoms with Crippen molar-refractivity contribution in [2.75, 3.05) is 0 Å². The number of hydrogen-bond acceptors (Lipinski definition) is 1. The van der Waals surface area contributed by atoms with E-state index in [1.54, 1.807) is 11.1 Å². The van der Waals surface area contributed by atoms with E-state index in [2.05, 4.69) is 27.7 Å². The molecule has 0 bridgehead atoms. The van der Waals surface area contributed by atoms with Crippen LogP contribution in [0.5, 0.6) is 0 Å². The molecule has 16 heavy (non-hydrogen) atoms. The van der Waals surface area contributed by atoms with Gasteiger partial charge in [0.25, 0.3) is 0 Å². The summed E-state index contributed by atoms with van der Waals surface area (Å²) in [6.07, 6.45) is 4.62. The average Bonchev–Trinajstić information content (AvgIpc) is 2.51. The van der Waals surface area contributed by atoms with Gasteiger partial charge in [-0.15, -0.1) is 0 Å². The molecule has 3 aliphatic carbocycles. The van der Waals surface area contributed by atoms with E-state index in [1.165, 1.54) is 19.3 Å². The van der Waals surface area contributed by atoms with Gasteiger partial charge in [0.05, 0.1) is 5.60 Å². The number of hydrogen-bond donors (Lipinski definition) is 1. The lowest BCUT2D eigenvalue weighted by molar-refractivity contribution is 0.00354. The molecule has 0 aliphatic heterocycles. The molecule has 3 rings (SSSR count). The summed E-state index contributed by atoms with van der Waals surface area (Å²) in [4.78, 5) is 0. The van der Waals surface area contributed by atoms with Crippen LogP contribution in [-0.4, -0.2) is 10.7 Å². The highest BCUT2D eigenvalue weighted by atomic mass is 16.3. The van der Waals surface area contributed by atoms with Gasteiger partial charge in [0.15, 0.2) is 0 Å². The highest BCUT2D eigenvalue weighted by Gasteiger charge is 2.63. The Morgan fingerprint density at radius 1 is 1.19 bits per heavy atom. The zero-order valence-electron chi connectivity index (χ0n) is 11.0. The van der Waals surface area contributed by atoms with Crippen molar-refractivity contribution in [2.45, 2.75) is 59.0 Å². The van der Waals surface area contributed by atoms with Crippen molar-refractivity contribution in [3.63, 3.8) is 0 Å². The molecule has 0 saturated heterocycles. The van der Waals surface area contributed by atoms with Crippen LogP contribution >= 0.6 is 0 Å². The Morgan fingerprint density at radius 2 is 1.88 bits per heavy atom. The van der Waals surface area contributed by atoms with Crippen LogP contribution in [0.25, 0.3) is 0 Å². The third-order valence-corrected chi connectivity index (χ3v) is 5.77. The molecule has 90 valence electrons. The van der Waals surface area contributed by atoms with Gasteiger partial charge in [-0.1, -0.05) is 25.0 Å². The van der Waals surface area contributed by atoms with E-state index in [0.717, 1.165) is 18.3 Å². The Labute approximate surface area is 98.9 Å². The van der Waals surface area contributed by atoms with Crippen LogP contribution in [0.15, 0.2) is 11.1 Å². The van der Waals surface area contributed by atoms with E-state index in [-0.39, 0.29) is 0 Å². The lowest BCUT2D eigenvalue weighted by Crippen LogP contribution is -2.34. The molecule has 0 heterocycles. The summed E-state index contributed by atoms with van der Waals surface area (Å²) in [5.74, 6) is 2.09. The Bertz CT molecular complexity index is 362. The Kier molecular flexibility index (Phi) is 1.98. The van der Waals surface area contributed by atoms with Crippen molar-refractivity contribution >= 4 is 0 Å². The fourth-order valence-electron chi connectivity index (χ4n) is 4.61. The Balaban J connectivity index is 2.03. The largest absolute Gasteiger partial charge is 0.390 e. The summed E-state index contributed by atoms with van der Waals surface area (Å²) in [7, 11) is 0. The zero-order chi connectivity index (χ0) is 11.7. The molecule has 1 heteroatoms. The van der Waals surface area contributed by atoms with Gasteiger partial charge in [-0.3, -0.25) is 0 Å². The van der Waals surface area contributed by atoms with Gasteiger partial charge < -0.3 is 5.11 Å². The first-order valence-corrected chi connectivity index (χ1v) is 6.77. The predicted octanol–water partition coefficient (Wildman–Crippen LogP) is 3.53. The summed E-state index contributed by atoms with van der Waals surface area (Å²) < 4.78 is 0. The minimum atomic E-state index is -0.434. The minimum Gasteiger partial charge on any atom is -0.390 e. The standard InChI is InChI=1S/C15H24O/c1-9-5-6-10-12(9)13-11(14(13,2)3)7-8-15(10,4)16/h10-11,13,16H,5-8H2,1-4H3/t10-,11-,13-,15-/m1/s1. The first-order chi connectivity index (χ1) is 7.36. The van der Waals surface area contributed by atoms with Crippen LogP contribution in [0, 0.1) is 23.2 Å². The van der Waals surface area contributed by atoms with Gasteiger partial charge in [0, 0.05) is 5.92 Å². The van der Waals surface area contributed by atoms with Crippen molar-refractivity contribution in [1.29, 1.82) is 0 Å². The lowest BCUT2D eigenvalue weighted by atomic mass is 9.79. The Hall–Kier alpha value is -0.300. The SMILES string of the molecule is CC1=C2[C@@H](CC1)[C@](C)(O)CC[C@@H]1[C@H]2C1(C)C. The molecule has 0 amide bonds. The van der Waals surface area contributed by atoms with Crippen LogP contribution in [0.2, 0.25) is 0 Å². The first-order valence-electron chi connectivity index (χ1n) is 6.77. The summed E-state index contributed by atoms with van der Waals surface area (Å²) in [5.41, 5.74) is 3.32. The van der Waals surface area contributed by atoms with E-state index < -0.39 is 5.60 Å². The molecule has 4 atom stereocenters. The van der Waals surface area contributed by atoms with Gasteiger partial charge in [-0.05, 0) is 56.8 Å². The van der Waals surface area contributed by atoms with Crippen molar-refractivity contribution in [3.8, 4) is 0 Å². The summed E-state index contributed by atoms with van der Waals surface area (Å²) in [6, 6.07) is 0. The normalized spacial score (nSPS) is 49.7. The van der Waals surface area contributed by atoms with Gasteiger partial charge >= 0.3 is 0 Å². The van der Waals surface area contributed by atoms with E-state index in [1.807, 2.05) is 0 Å². The van der Waals surface area contributed by atoms with Crippen molar-refractivity contribution < 1.29 is 5.11 Å². The monoisotopic (exact) mass is 220 g/mol. The smallest absolute Gasteiger partial charge is 0.0685 e. The van der Waals surface area contributed by atoms with Crippen molar-refractivity contribution in [2.24, 2.45) is 23.2 Å². The topological polar surface area (TPSA) is 20.2 Å². The highest BCUT2D eigenvalue weighted by molar-refractivity contribution is 5.36. The van der Waals surface area contributed by atoms with Gasteiger partial charge in [0.2, 0.25) is 0 Å².